The Kier molecular flexibility index (Phi) is 4.54. The van der Waals surface area contributed by atoms with Crippen LogP contribution in [0, 0.1) is 0 Å². The van der Waals surface area contributed by atoms with Gasteiger partial charge >= 0.3 is 0 Å². The Hall–Kier alpha value is -2.92. The quantitative estimate of drug-likeness (QED) is 0.488. The average Bonchev–Trinajstić information content (AvgIpc) is 3.23. The van der Waals surface area contributed by atoms with E-state index in [0.29, 0.717) is 22.8 Å². The molecule has 5 heteroatoms. The first-order valence-corrected chi connectivity index (χ1v) is 9.79. The Morgan fingerprint density at radius 2 is 2.11 bits per heavy atom. The Morgan fingerprint density at radius 3 is 2.89 bits per heavy atom. The Labute approximate surface area is 161 Å². The van der Waals surface area contributed by atoms with E-state index >= 15 is 0 Å². The number of amides is 1. The number of fused-ring (bicyclic) bond motifs is 2. The number of hydrogen-bond acceptors (Lipinski definition) is 2. The number of benzene rings is 2. The maximum Gasteiger partial charge on any atom is 0.281 e. The summed E-state index contributed by atoms with van der Waals surface area (Å²) in [4.78, 5) is 21.2. The fourth-order valence-electron chi connectivity index (χ4n) is 3.24. The van der Waals surface area contributed by atoms with Crippen LogP contribution < -0.4 is 4.80 Å². The summed E-state index contributed by atoms with van der Waals surface area (Å²) in [7, 11) is 0. The number of carbonyl (C=O) groups excluding carboxylic acids is 1. The largest absolute Gasteiger partial charge is 0.360 e. The van der Waals surface area contributed by atoms with Crippen molar-refractivity contribution in [1.29, 1.82) is 0 Å². The Morgan fingerprint density at radius 1 is 1.30 bits per heavy atom. The van der Waals surface area contributed by atoms with Gasteiger partial charge < -0.3 is 9.55 Å². The number of para-hydroxylation sites is 1. The second-order valence-electron chi connectivity index (χ2n) is 6.83. The van der Waals surface area contributed by atoms with E-state index in [1.54, 1.807) is 17.5 Å². The zero-order valence-corrected chi connectivity index (χ0v) is 16.2. The lowest BCUT2D eigenvalue weighted by Crippen LogP contribution is -2.16. The normalized spacial score (nSPS) is 12.3. The fourth-order valence-corrected chi connectivity index (χ4v) is 4.32. The van der Waals surface area contributed by atoms with E-state index in [2.05, 4.69) is 48.6 Å². The van der Waals surface area contributed by atoms with Gasteiger partial charge in [-0.3, -0.25) is 4.79 Å². The first kappa shape index (κ1) is 17.5. The van der Waals surface area contributed by atoms with Crippen LogP contribution in [0.15, 0.2) is 66.3 Å². The minimum absolute atomic E-state index is 0.235. The number of carbonyl (C=O) groups is 1. The van der Waals surface area contributed by atoms with Crippen LogP contribution in [0.4, 0.5) is 0 Å². The van der Waals surface area contributed by atoms with E-state index in [-0.39, 0.29) is 5.91 Å². The molecule has 136 valence electrons. The van der Waals surface area contributed by atoms with Gasteiger partial charge in [0, 0.05) is 23.6 Å². The van der Waals surface area contributed by atoms with E-state index in [4.69, 9.17) is 0 Å². The summed E-state index contributed by atoms with van der Waals surface area (Å²) in [5.74, 6) is 0.221. The Bertz CT molecular complexity index is 1220. The van der Waals surface area contributed by atoms with Gasteiger partial charge in [-0.25, -0.2) is 0 Å². The van der Waals surface area contributed by atoms with Gasteiger partial charge in [-0.15, -0.1) is 6.58 Å². The molecule has 2 aromatic heterocycles. The van der Waals surface area contributed by atoms with Gasteiger partial charge in [0.25, 0.3) is 5.91 Å². The molecule has 2 aromatic carbocycles. The zero-order valence-electron chi connectivity index (χ0n) is 15.4. The van der Waals surface area contributed by atoms with Gasteiger partial charge in [-0.1, -0.05) is 55.5 Å². The summed E-state index contributed by atoms with van der Waals surface area (Å²) < 4.78 is 3.18. The molecule has 0 atom stereocenters. The second kappa shape index (κ2) is 7.00. The number of aromatic nitrogens is 2. The van der Waals surface area contributed by atoms with Gasteiger partial charge in [0.1, 0.15) is 0 Å². The fraction of sp³-hybridized carbons (Fsp3) is 0.182. The lowest BCUT2D eigenvalue weighted by Gasteiger charge is -2.05. The average molecular weight is 375 g/mol. The monoisotopic (exact) mass is 375 g/mol. The smallest absolute Gasteiger partial charge is 0.281 e. The lowest BCUT2D eigenvalue weighted by molar-refractivity contribution is 0.0999. The van der Waals surface area contributed by atoms with Crippen LogP contribution in [0.2, 0.25) is 0 Å². The van der Waals surface area contributed by atoms with E-state index in [9.17, 15) is 4.79 Å². The molecule has 4 rings (SSSR count). The highest BCUT2D eigenvalue weighted by atomic mass is 32.1. The SMILES string of the molecule is C=CCn1c(=NC(=O)c2c[nH]c3ccccc23)sc2cc(C(C)C)ccc21. The number of H-pyrrole nitrogens is 1. The van der Waals surface area contributed by atoms with Crippen LogP contribution in [0.5, 0.6) is 0 Å². The third-order valence-corrected chi connectivity index (χ3v) is 5.74. The first-order chi connectivity index (χ1) is 13.1. The molecule has 2 heterocycles. The van der Waals surface area contributed by atoms with Crippen molar-refractivity contribution >= 4 is 38.4 Å². The number of allylic oxidation sites excluding steroid dienone is 1. The molecular weight excluding hydrogens is 354 g/mol. The van der Waals surface area contributed by atoms with E-state index in [1.807, 2.05) is 34.9 Å². The summed E-state index contributed by atoms with van der Waals surface area (Å²) in [6, 6.07) is 14.2. The predicted octanol–water partition coefficient (Wildman–Crippen LogP) is 5.23. The molecule has 0 radical (unpaired) electrons. The minimum Gasteiger partial charge on any atom is -0.360 e. The van der Waals surface area contributed by atoms with Crippen molar-refractivity contribution in [3.63, 3.8) is 0 Å². The topological polar surface area (TPSA) is 50.1 Å². The molecule has 0 saturated heterocycles. The number of thiazole rings is 1. The highest BCUT2D eigenvalue weighted by molar-refractivity contribution is 7.16. The summed E-state index contributed by atoms with van der Waals surface area (Å²) in [5, 5.41) is 0.893. The van der Waals surface area contributed by atoms with Gasteiger partial charge in [-0.2, -0.15) is 4.99 Å². The lowest BCUT2D eigenvalue weighted by atomic mass is 10.0. The van der Waals surface area contributed by atoms with Crippen LogP contribution in [0.1, 0.15) is 35.7 Å². The van der Waals surface area contributed by atoms with Crippen molar-refractivity contribution in [1.82, 2.24) is 9.55 Å². The van der Waals surface area contributed by atoms with Crippen LogP contribution in [0.25, 0.3) is 21.1 Å². The van der Waals surface area contributed by atoms with Crippen molar-refractivity contribution in [3.05, 3.63) is 77.2 Å². The molecule has 0 fully saturated rings. The second-order valence-corrected chi connectivity index (χ2v) is 7.84. The third-order valence-electron chi connectivity index (χ3n) is 4.70. The first-order valence-electron chi connectivity index (χ1n) is 8.98. The van der Waals surface area contributed by atoms with Crippen molar-refractivity contribution < 1.29 is 4.79 Å². The summed E-state index contributed by atoms with van der Waals surface area (Å²) in [5.41, 5.74) is 3.89. The van der Waals surface area contributed by atoms with Crippen LogP contribution in [-0.4, -0.2) is 15.5 Å². The van der Waals surface area contributed by atoms with Crippen LogP contribution >= 0.6 is 11.3 Å². The number of aromatic amines is 1. The highest BCUT2D eigenvalue weighted by Crippen LogP contribution is 2.24. The van der Waals surface area contributed by atoms with Gasteiger partial charge in [-0.05, 0) is 29.7 Å². The zero-order chi connectivity index (χ0) is 19.0. The van der Waals surface area contributed by atoms with Crippen molar-refractivity contribution in [2.45, 2.75) is 26.3 Å². The van der Waals surface area contributed by atoms with E-state index in [0.717, 1.165) is 21.1 Å². The van der Waals surface area contributed by atoms with Gasteiger partial charge in [0.2, 0.25) is 0 Å². The van der Waals surface area contributed by atoms with E-state index < -0.39 is 0 Å². The number of hydrogen-bond donors (Lipinski definition) is 1. The van der Waals surface area contributed by atoms with Crippen LogP contribution in [-0.2, 0) is 6.54 Å². The summed E-state index contributed by atoms with van der Waals surface area (Å²) in [6.07, 6.45) is 3.57. The summed E-state index contributed by atoms with van der Waals surface area (Å²) in [6.45, 7) is 8.82. The molecule has 0 aliphatic heterocycles. The molecule has 0 saturated carbocycles. The minimum atomic E-state index is -0.235. The molecular formula is C22H21N3OS. The molecule has 0 spiro atoms. The molecule has 0 aliphatic rings. The van der Waals surface area contributed by atoms with Gasteiger partial charge in [0.15, 0.2) is 4.80 Å². The Balaban J connectivity index is 1.87. The standard InChI is InChI=1S/C22H21N3OS/c1-4-11-25-19-10-9-15(14(2)3)12-20(19)27-22(25)24-21(26)17-13-23-18-8-6-5-7-16(17)18/h4-10,12-14,23H,1,11H2,2-3H3. The molecule has 4 aromatic rings. The van der Waals surface area contributed by atoms with Gasteiger partial charge in [0.05, 0.1) is 15.8 Å². The van der Waals surface area contributed by atoms with Crippen molar-refractivity contribution in [2.75, 3.05) is 0 Å². The predicted molar refractivity (Wildman–Crippen MR) is 112 cm³/mol. The number of rotatable bonds is 4. The molecule has 1 amide bonds. The number of nitrogens with zero attached hydrogens (tertiary/aromatic N) is 2. The highest BCUT2D eigenvalue weighted by Gasteiger charge is 2.13. The molecule has 0 unspecified atom stereocenters. The molecule has 0 aliphatic carbocycles. The third kappa shape index (κ3) is 3.15. The molecule has 27 heavy (non-hydrogen) atoms. The maximum atomic E-state index is 12.9. The number of nitrogens with one attached hydrogen (secondary N) is 1. The molecule has 0 bridgehead atoms. The van der Waals surface area contributed by atoms with Crippen LogP contribution in [0.3, 0.4) is 0 Å². The maximum absolute atomic E-state index is 12.9. The molecule has 1 N–H and O–H groups in total. The van der Waals surface area contributed by atoms with Crippen molar-refractivity contribution in [2.24, 2.45) is 4.99 Å². The summed E-state index contributed by atoms with van der Waals surface area (Å²) >= 11 is 1.54. The molecule has 4 nitrogen and oxygen atoms in total. The van der Waals surface area contributed by atoms with E-state index in [1.165, 1.54) is 5.56 Å². The van der Waals surface area contributed by atoms with Crippen molar-refractivity contribution in [3.8, 4) is 0 Å².